The van der Waals surface area contributed by atoms with Crippen molar-refractivity contribution in [3.05, 3.63) is 0 Å². The number of hydrogen-bond donors (Lipinski definition) is 1. The van der Waals surface area contributed by atoms with Gasteiger partial charge in [0.1, 0.15) is 0 Å². The minimum atomic E-state index is -0.503. The summed E-state index contributed by atoms with van der Waals surface area (Å²) >= 11 is 0. The van der Waals surface area contributed by atoms with Gasteiger partial charge in [0, 0.05) is 13.0 Å². The highest BCUT2D eigenvalue weighted by molar-refractivity contribution is 5.69. The molecule has 4 nitrogen and oxygen atoms in total. The van der Waals surface area contributed by atoms with E-state index in [9.17, 15) is 9.90 Å². The van der Waals surface area contributed by atoms with Gasteiger partial charge in [-0.15, -0.1) is 0 Å². The van der Waals surface area contributed by atoms with E-state index in [1.54, 1.807) is 0 Å². The third-order valence-corrected chi connectivity index (χ3v) is 3.24. The van der Waals surface area contributed by atoms with Crippen LogP contribution >= 0.6 is 0 Å². The van der Waals surface area contributed by atoms with Crippen LogP contribution in [0.4, 0.5) is 0 Å². The Bertz CT molecular complexity index is 228. The number of ether oxygens (including phenoxy) is 1. The molecule has 1 aliphatic rings. The highest BCUT2D eigenvalue weighted by Crippen LogP contribution is 2.21. The molecule has 0 aliphatic carbocycles. The molecule has 1 unspecified atom stereocenters. The Kier molecular flexibility index (Phi) is 5.22. The first kappa shape index (κ1) is 13.5. The number of carbonyl (C=O) groups is 1. The molecule has 1 atom stereocenters. The van der Waals surface area contributed by atoms with Gasteiger partial charge >= 0.3 is 5.97 Å². The molecule has 0 aromatic carbocycles. The second-order valence-corrected chi connectivity index (χ2v) is 4.87. The number of methoxy groups -OCH3 is 1. The van der Waals surface area contributed by atoms with Crippen LogP contribution in [0, 0.1) is 0 Å². The van der Waals surface area contributed by atoms with Crippen molar-refractivity contribution in [2.75, 3.05) is 26.7 Å². The van der Waals surface area contributed by atoms with Crippen LogP contribution in [-0.2, 0) is 9.53 Å². The minimum Gasteiger partial charge on any atom is -0.469 e. The standard InChI is InChI=1S/C12H23NO3/c1-12(15)6-4-9-13(10-7-12)8-3-5-11(14)16-2/h15H,3-10H2,1-2H3. The smallest absolute Gasteiger partial charge is 0.305 e. The van der Waals surface area contributed by atoms with E-state index in [-0.39, 0.29) is 5.97 Å². The molecule has 1 aliphatic heterocycles. The van der Waals surface area contributed by atoms with Crippen molar-refractivity contribution >= 4 is 5.97 Å². The molecule has 0 amide bonds. The number of carbonyl (C=O) groups excluding carboxylic acids is 1. The number of aliphatic hydroxyl groups is 1. The Morgan fingerprint density at radius 2 is 2.19 bits per heavy atom. The molecule has 1 N–H and O–H groups in total. The SMILES string of the molecule is COC(=O)CCCN1CCCC(C)(O)CC1. The number of esters is 1. The largest absolute Gasteiger partial charge is 0.469 e. The van der Waals surface area contributed by atoms with E-state index in [0.29, 0.717) is 6.42 Å². The molecule has 0 saturated carbocycles. The lowest BCUT2D eigenvalue weighted by molar-refractivity contribution is -0.140. The highest BCUT2D eigenvalue weighted by Gasteiger charge is 2.24. The lowest BCUT2D eigenvalue weighted by Crippen LogP contribution is -2.29. The summed E-state index contributed by atoms with van der Waals surface area (Å²) in [6, 6.07) is 0. The average Bonchev–Trinajstić information content (AvgIpc) is 2.40. The fourth-order valence-corrected chi connectivity index (χ4v) is 2.09. The average molecular weight is 229 g/mol. The van der Waals surface area contributed by atoms with E-state index in [1.807, 2.05) is 6.92 Å². The summed E-state index contributed by atoms with van der Waals surface area (Å²) < 4.78 is 4.60. The molecule has 94 valence electrons. The van der Waals surface area contributed by atoms with Gasteiger partial charge in [0.25, 0.3) is 0 Å². The van der Waals surface area contributed by atoms with E-state index in [2.05, 4.69) is 9.64 Å². The van der Waals surface area contributed by atoms with Crippen LogP contribution in [0.15, 0.2) is 0 Å². The predicted molar refractivity (Wildman–Crippen MR) is 62.2 cm³/mol. The van der Waals surface area contributed by atoms with Crippen LogP contribution in [0.2, 0.25) is 0 Å². The van der Waals surface area contributed by atoms with Crippen LogP contribution in [0.3, 0.4) is 0 Å². The highest BCUT2D eigenvalue weighted by atomic mass is 16.5. The minimum absolute atomic E-state index is 0.137. The maximum atomic E-state index is 10.9. The van der Waals surface area contributed by atoms with E-state index in [4.69, 9.17) is 0 Å². The topological polar surface area (TPSA) is 49.8 Å². The summed E-state index contributed by atoms with van der Waals surface area (Å²) in [6.45, 7) is 4.78. The van der Waals surface area contributed by atoms with Gasteiger partial charge in [-0.3, -0.25) is 4.79 Å². The van der Waals surface area contributed by atoms with Crippen LogP contribution in [0.1, 0.15) is 39.0 Å². The quantitative estimate of drug-likeness (QED) is 0.735. The second-order valence-electron chi connectivity index (χ2n) is 4.87. The molecular weight excluding hydrogens is 206 g/mol. The van der Waals surface area contributed by atoms with Gasteiger partial charge in [-0.1, -0.05) is 0 Å². The summed E-state index contributed by atoms with van der Waals surface area (Å²) in [5, 5.41) is 9.92. The van der Waals surface area contributed by atoms with Gasteiger partial charge in [0.15, 0.2) is 0 Å². The van der Waals surface area contributed by atoms with E-state index < -0.39 is 5.60 Å². The lowest BCUT2D eigenvalue weighted by atomic mass is 9.98. The molecular formula is C12H23NO3. The van der Waals surface area contributed by atoms with E-state index in [1.165, 1.54) is 7.11 Å². The lowest BCUT2D eigenvalue weighted by Gasteiger charge is -2.22. The molecule has 1 rings (SSSR count). The van der Waals surface area contributed by atoms with Gasteiger partial charge in [-0.05, 0) is 45.7 Å². The van der Waals surface area contributed by atoms with Crippen LogP contribution in [-0.4, -0.2) is 48.3 Å². The van der Waals surface area contributed by atoms with Crippen molar-refractivity contribution in [1.29, 1.82) is 0 Å². The Labute approximate surface area is 97.6 Å². The predicted octanol–water partition coefficient (Wildman–Crippen LogP) is 1.18. The molecule has 4 heteroatoms. The molecule has 1 saturated heterocycles. The molecule has 0 spiro atoms. The van der Waals surface area contributed by atoms with E-state index >= 15 is 0 Å². The molecule has 0 aromatic rings. The van der Waals surface area contributed by atoms with Gasteiger partial charge in [0.2, 0.25) is 0 Å². The van der Waals surface area contributed by atoms with Crippen molar-refractivity contribution < 1.29 is 14.6 Å². The monoisotopic (exact) mass is 229 g/mol. The number of likely N-dealkylation sites (tertiary alicyclic amines) is 1. The number of rotatable bonds is 4. The van der Waals surface area contributed by atoms with Crippen LogP contribution < -0.4 is 0 Å². The third-order valence-electron chi connectivity index (χ3n) is 3.24. The normalized spacial score (nSPS) is 27.4. The maximum Gasteiger partial charge on any atom is 0.305 e. The van der Waals surface area contributed by atoms with Crippen molar-refractivity contribution in [2.45, 2.75) is 44.6 Å². The Hall–Kier alpha value is -0.610. The van der Waals surface area contributed by atoms with E-state index in [0.717, 1.165) is 45.3 Å². The summed E-state index contributed by atoms with van der Waals surface area (Å²) in [5.41, 5.74) is -0.503. The molecule has 1 fully saturated rings. The first-order valence-corrected chi connectivity index (χ1v) is 6.05. The number of hydrogen-bond acceptors (Lipinski definition) is 4. The van der Waals surface area contributed by atoms with Crippen LogP contribution in [0.25, 0.3) is 0 Å². The zero-order chi connectivity index (χ0) is 12.0. The Balaban J connectivity index is 2.20. The van der Waals surface area contributed by atoms with Crippen molar-refractivity contribution in [3.8, 4) is 0 Å². The fourth-order valence-electron chi connectivity index (χ4n) is 2.09. The first-order valence-electron chi connectivity index (χ1n) is 6.05. The zero-order valence-electron chi connectivity index (χ0n) is 10.4. The van der Waals surface area contributed by atoms with Gasteiger partial charge < -0.3 is 14.7 Å². The fraction of sp³-hybridized carbons (Fsp3) is 0.917. The molecule has 0 aromatic heterocycles. The maximum absolute atomic E-state index is 10.9. The molecule has 16 heavy (non-hydrogen) atoms. The summed E-state index contributed by atoms with van der Waals surface area (Å²) in [6.07, 6.45) is 4.06. The van der Waals surface area contributed by atoms with Crippen molar-refractivity contribution in [3.63, 3.8) is 0 Å². The Morgan fingerprint density at radius 1 is 1.44 bits per heavy atom. The van der Waals surface area contributed by atoms with Gasteiger partial charge in [-0.25, -0.2) is 0 Å². The van der Waals surface area contributed by atoms with Crippen LogP contribution in [0.5, 0.6) is 0 Å². The Morgan fingerprint density at radius 3 is 2.88 bits per heavy atom. The summed E-state index contributed by atoms with van der Waals surface area (Å²) in [4.78, 5) is 13.3. The molecule has 1 heterocycles. The third kappa shape index (κ3) is 4.94. The molecule has 0 radical (unpaired) electrons. The van der Waals surface area contributed by atoms with Gasteiger partial charge in [-0.2, -0.15) is 0 Å². The summed E-state index contributed by atoms with van der Waals surface area (Å²) in [7, 11) is 1.42. The molecule has 0 bridgehead atoms. The van der Waals surface area contributed by atoms with Gasteiger partial charge in [0.05, 0.1) is 12.7 Å². The van der Waals surface area contributed by atoms with Crippen molar-refractivity contribution in [1.82, 2.24) is 4.90 Å². The van der Waals surface area contributed by atoms with Crippen molar-refractivity contribution in [2.24, 2.45) is 0 Å². The number of nitrogens with zero attached hydrogens (tertiary/aromatic N) is 1. The first-order chi connectivity index (χ1) is 7.53. The zero-order valence-corrected chi connectivity index (χ0v) is 10.4. The summed E-state index contributed by atoms with van der Waals surface area (Å²) in [5.74, 6) is -0.137. The second kappa shape index (κ2) is 6.21.